The number of ether oxygens (including phenoxy) is 1. The van der Waals surface area contributed by atoms with Gasteiger partial charge in [-0.3, -0.25) is 9.69 Å². The first-order chi connectivity index (χ1) is 14.0. The van der Waals surface area contributed by atoms with Gasteiger partial charge in [0, 0.05) is 36.2 Å². The molecule has 6 nitrogen and oxygen atoms in total. The number of nitrogens with zero attached hydrogens (tertiary/aromatic N) is 3. The van der Waals surface area contributed by atoms with E-state index in [0.717, 1.165) is 43.7 Å². The molecule has 1 saturated carbocycles. The maximum Gasteiger partial charge on any atom is 0.266 e. The van der Waals surface area contributed by atoms with Gasteiger partial charge in [-0.05, 0) is 50.7 Å². The highest BCUT2D eigenvalue weighted by atomic mass is 16.5. The summed E-state index contributed by atoms with van der Waals surface area (Å²) in [7, 11) is 1.71. The van der Waals surface area contributed by atoms with Gasteiger partial charge in [-0.15, -0.1) is 0 Å². The minimum atomic E-state index is -0.873. The SMILES string of the molecule is COc1ccccc1CN1[C@H]2CC[C@H]1CC(O)(Cn1nc(C3CC3)ccc1=O)C2. The summed E-state index contributed by atoms with van der Waals surface area (Å²) in [5.74, 6) is 1.41. The Morgan fingerprint density at radius 1 is 1.10 bits per heavy atom. The molecule has 0 radical (unpaired) electrons. The van der Waals surface area contributed by atoms with E-state index in [1.165, 1.54) is 10.2 Å². The molecule has 154 valence electrons. The first-order valence-electron chi connectivity index (χ1n) is 10.7. The number of methoxy groups -OCH3 is 1. The molecule has 1 aliphatic carbocycles. The van der Waals surface area contributed by atoms with Crippen molar-refractivity contribution in [2.24, 2.45) is 0 Å². The van der Waals surface area contributed by atoms with Crippen molar-refractivity contribution in [1.29, 1.82) is 0 Å². The lowest BCUT2D eigenvalue weighted by Crippen LogP contribution is -2.53. The van der Waals surface area contributed by atoms with Gasteiger partial charge in [0.05, 0.1) is 24.9 Å². The summed E-state index contributed by atoms with van der Waals surface area (Å²) in [5.41, 5.74) is 1.19. The average Bonchev–Trinajstić information content (AvgIpc) is 3.52. The molecule has 2 atom stereocenters. The zero-order valence-corrected chi connectivity index (χ0v) is 17.0. The fraction of sp³-hybridized carbons (Fsp3) is 0.565. The van der Waals surface area contributed by atoms with Crippen LogP contribution in [0.4, 0.5) is 0 Å². The summed E-state index contributed by atoms with van der Waals surface area (Å²) >= 11 is 0. The monoisotopic (exact) mass is 395 g/mol. The molecule has 5 rings (SSSR count). The Morgan fingerprint density at radius 3 is 2.52 bits per heavy atom. The third kappa shape index (κ3) is 3.71. The van der Waals surface area contributed by atoms with Crippen LogP contribution in [0.25, 0.3) is 0 Å². The normalized spacial score (nSPS) is 29.2. The number of piperidine rings is 1. The molecule has 2 saturated heterocycles. The Labute approximate surface area is 171 Å². The first-order valence-corrected chi connectivity index (χ1v) is 10.7. The molecule has 1 aromatic heterocycles. The Bertz CT molecular complexity index is 938. The van der Waals surface area contributed by atoms with Crippen molar-refractivity contribution in [2.45, 2.75) is 75.2 Å². The van der Waals surface area contributed by atoms with Crippen molar-refractivity contribution >= 4 is 0 Å². The van der Waals surface area contributed by atoms with E-state index in [1.54, 1.807) is 13.2 Å². The van der Waals surface area contributed by atoms with Crippen molar-refractivity contribution in [2.75, 3.05) is 7.11 Å². The Morgan fingerprint density at radius 2 is 1.83 bits per heavy atom. The second kappa shape index (κ2) is 7.26. The van der Waals surface area contributed by atoms with Gasteiger partial charge in [0.1, 0.15) is 5.75 Å². The van der Waals surface area contributed by atoms with E-state index in [9.17, 15) is 9.90 Å². The average molecular weight is 396 g/mol. The number of benzene rings is 1. The maximum atomic E-state index is 12.4. The number of fused-ring (bicyclic) bond motifs is 2. The molecule has 0 amide bonds. The summed E-state index contributed by atoms with van der Waals surface area (Å²) in [6.07, 6.45) is 5.84. The Hall–Kier alpha value is -2.18. The molecule has 2 bridgehead atoms. The van der Waals surface area contributed by atoms with Crippen molar-refractivity contribution < 1.29 is 9.84 Å². The van der Waals surface area contributed by atoms with Crippen LogP contribution >= 0.6 is 0 Å². The smallest absolute Gasteiger partial charge is 0.266 e. The summed E-state index contributed by atoms with van der Waals surface area (Å²) < 4.78 is 7.03. The Kier molecular flexibility index (Phi) is 4.71. The van der Waals surface area contributed by atoms with Gasteiger partial charge >= 0.3 is 0 Å². The zero-order chi connectivity index (χ0) is 20.0. The van der Waals surface area contributed by atoms with Crippen molar-refractivity contribution in [1.82, 2.24) is 14.7 Å². The zero-order valence-electron chi connectivity index (χ0n) is 17.0. The fourth-order valence-corrected chi connectivity index (χ4v) is 5.28. The minimum Gasteiger partial charge on any atom is -0.496 e. The largest absolute Gasteiger partial charge is 0.496 e. The quantitative estimate of drug-likeness (QED) is 0.815. The van der Waals surface area contributed by atoms with Crippen molar-refractivity contribution in [3.05, 3.63) is 58.0 Å². The van der Waals surface area contributed by atoms with E-state index in [0.29, 0.717) is 37.4 Å². The van der Waals surface area contributed by atoms with Gasteiger partial charge in [-0.2, -0.15) is 5.10 Å². The molecule has 0 spiro atoms. The highest BCUT2D eigenvalue weighted by Crippen LogP contribution is 2.43. The molecule has 3 fully saturated rings. The van der Waals surface area contributed by atoms with Crippen LogP contribution < -0.4 is 10.3 Å². The summed E-state index contributed by atoms with van der Waals surface area (Å²) in [6.45, 7) is 1.13. The van der Waals surface area contributed by atoms with E-state index >= 15 is 0 Å². The fourth-order valence-electron chi connectivity index (χ4n) is 5.28. The van der Waals surface area contributed by atoms with Gasteiger partial charge in [-0.1, -0.05) is 18.2 Å². The van der Waals surface area contributed by atoms with Gasteiger partial charge < -0.3 is 9.84 Å². The highest BCUT2D eigenvalue weighted by Gasteiger charge is 2.48. The summed E-state index contributed by atoms with van der Waals surface area (Å²) in [5, 5.41) is 16.0. The predicted molar refractivity (Wildman–Crippen MR) is 110 cm³/mol. The highest BCUT2D eigenvalue weighted by molar-refractivity contribution is 5.33. The lowest BCUT2D eigenvalue weighted by Gasteiger charge is -2.44. The third-order valence-electron chi connectivity index (χ3n) is 6.87. The van der Waals surface area contributed by atoms with E-state index in [4.69, 9.17) is 4.74 Å². The van der Waals surface area contributed by atoms with Gasteiger partial charge in [0.25, 0.3) is 5.56 Å². The number of aromatic nitrogens is 2. The van der Waals surface area contributed by atoms with Crippen LogP contribution in [0.5, 0.6) is 5.75 Å². The number of aliphatic hydroxyl groups is 1. The van der Waals surface area contributed by atoms with Gasteiger partial charge in [0.2, 0.25) is 0 Å². The molecule has 3 heterocycles. The van der Waals surface area contributed by atoms with Crippen LogP contribution in [0.2, 0.25) is 0 Å². The standard InChI is InChI=1S/C23H29N3O3/c1-29-21-5-3-2-4-17(21)14-25-18-8-9-19(25)13-23(28,12-18)15-26-22(27)11-10-20(24-26)16-6-7-16/h2-5,10-11,16,18-19,28H,6-9,12-15H2,1H3/t18-,19-/m0/s1. The second-order valence-corrected chi connectivity index (χ2v) is 9.03. The second-order valence-electron chi connectivity index (χ2n) is 9.03. The molecule has 29 heavy (non-hydrogen) atoms. The van der Waals surface area contributed by atoms with Crippen molar-refractivity contribution in [3.63, 3.8) is 0 Å². The molecular formula is C23H29N3O3. The Balaban J connectivity index is 1.33. The lowest BCUT2D eigenvalue weighted by atomic mass is 9.85. The number of para-hydroxylation sites is 1. The minimum absolute atomic E-state index is 0.119. The molecule has 2 aliphatic heterocycles. The number of rotatable bonds is 6. The van der Waals surface area contributed by atoms with Crippen LogP contribution in [-0.4, -0.2) is 44.6 Å². The van der Waals surface area contributed by atoms with Crippen LogP contribution in [0.1, 0.15) is 55.7 Å². The molecule has 3 aliphatic rings. The molecular weight excluding hydrogens is 366 g/mol. The first kappa shape index (κ1) is 18.8. The van der Waals surface area contributed by atoms with E-state index in [-0.39, 0.29) is 5.56 Å². The van der Waals surface area contributed by atoms with Crippen LogP contribution in [0, 0.1) is 0 Å². The molecule has 1 aromatic carbocycles. The molecule has 2 aromatic rings. The summed E-state index contributed by atoms with van der Waals surface area (Å²) in [6, 6.07) is 12.3. The van der Waals surface area contributed by atoms with Crippen LogP contribution in [-0.2, 0) is 13.1 Å². The van der Waals surface area contributed by atoms with Crippen LogP contribution in [0.15, 0.2) is 41.2 Å². The van der Waals surface area contributed by atoms with Crippen molar-refractivity contribution in [3.8, 4) is 5.75 Å². The molecule has 6 heteroatoms. The maximum absolute atomic E-state index is 12.4. The number of hydrogen-bond donors (Lipinski definition) is 1. The summed E-state index contributed by atoms with van der Waals surface area (Å²) in [4.78, 5) is 14.9. The van der Waals surface area contributed by atoms with E-state index in [2.05, 4.69) is 16.1 Å². The third-order valence-corrected chi connectivity index (χ3v) is 6.87. The van der Waals surface area contributed by atoms with Gasteiger partial charge in [0.15, 0.2) is 0 Å². The van der Waals surface area contributed by atoms with Crippen LogP contribution in [0.3, 0.4) is 0 Å². The topological polar surface area (TPSA) is 67.6 Å². The molecule has 0 unspecified atom stereocenters. The van der Waals surface area contributed by atoms with E-state index < -0.39 is 5.60 Å². The van der Waals surface area contributed by atoms with E-state index in [1.807, 2.05) is 24.3 Å². The lowest BCUT2D eigenvalue weighted by molar-refractivity contribution is -0.0679. The number of hydrogen-bond acceptors (Lipinski definition) is 5. The van der Waals surface area contributed by atoms with Gasteiger partial charge in [-0.25, -0.2) is 4.68 Å². The predicted octanol–water partition coefficient (Wildman–Crippen LogP) is 2.69. The molecule has 1 N–H and O–H groups in total.